The number of aliphatic hydroxyl groups is 1. The van der Waals surface area contributed by atoms with E-state index in [9.17, 15) is 5.11 Å². The van der Waals surface area contributed by atoms with Gasteiger partial charge in [-0.15, -0.1) is 0 Å². The van der Waals surface area contributed by atoms with E-state index in [0.29, 0.717) is 5.76 Å². The molecular formula is C15H20O2. The zero-order valence-corrected chi connectivity index (χ0v) is 11.2. The number of furan rings is 1. The molecule has 2 aromatic rings. The lowest BCUT2D eigenvalue weighted by Gasteiger charge is -2.10. The molecule has 2 rings (SSSR count). The number of aryl methyl sites for hydroxylation is 3. The molecule has 17 heavy (non-hydrogen) atoms. The minimum absolute atomic E-state index is 0.164. The second-order valence-electron chi connectivity index (χ2n) is 5.22. The third-order valence-corrected chi connectivity index (χ3v) is 3.46. The lowest BCUT2D eigenvalue weighted by atomic mass is 10.0. The third-order valence-electron chi connectivity index (χ3n) is 3.46. The van der Waals surface area contributed by atoms with Gasteiger partial charge in [0, 0.05) is 5.39 Å². The smallest absolute Gasteiger partial charge is 0.137 e. The molecule has 0 amide bonds. The minimum atomic E-state index is -0.526. The largest absolute Gasteiger partial charge is 0.458 e. The van der Waals surface area contributed by atoms with Crippen LogP contribution in [0.3, 0.4) is 0 Å². The molecular weight excluding hydrogens is 212 g/mol. The summed E-state index contributed by atoms with van der Waals surface area (Å²) in [6.07, 6.45) is -0.526. The van der Waals surface area contributed by atoms with Crippen LogP contribution in [-0.2, 0) is 0 Å². The van der Waals surface area contributed by atoms with Crippen molar-refractivity contribution < 1.29 is 9.52 Å². The monoisotopic (exact) mass is 232 g/mol. The van der Waals surface area contributed by atoms with Crippen LogP contribution >= 0.6 is 0 Å². The first-order chi connectivity index (χ1) is 7.91. The Labute approximate surface area is 102 Å². The minimum Gasteiger partial charge on any atom is -0.458 e. The Morgan fingerprint density at radius 1 is 1.06 bits per heavy atom. The number of rotatable bonds is 2. The van der Waals surface area contributed by atoms with Crippen LogP contribution in [0, 0.1) is 26.7 Å². The summed E-state index contributed by atoms with van der Waals surface area (Å²) in [5.41, 5.74) is 4.51. The van der Waals surface area contributed by atoms with Gasteiger partial charge in [0.2, 0.25) is 0 Å². The zero-order chi connectivity index (χ0) is 12.7. The van der Waals surface area contributed by atoms with Crippen LogP contribution in [0.1, 0.15) is 42.4 Å². The second kappa shape index (κ2) is 4.19. The van der Waals surface area contributed by atoms with Gasteiger partial charge < -0.3 is 9.52 Å². The van der Waals surface area contributed by atoms with E-state index in [1.807, 2.05) is 19.9 Å². The highest BCUT2D eigenvalue weighted by Crippen LogP contribution is 2.32. The third kappa shape index (κ3) is 1.98. The number of fused-ring (bicyclic) bond motifs is 1. The summed E-state index contributed by atoms with van der Waals surface area (Å²) in [6, 6.07) is 4.14. The van der Waals surface area contributed by atoms with E-state index < -0.39 is 6.10 Å². The van der Waals surface area contributed by atoms with Gasteiger partial charge in [0.25, 0.3) is 0 Å². The van der Waals surface area contributed by atoms with E-state index in [2.05, 4.69) is 26.8 Å². The van der Waals surface area contributed by atoms with Gasteiger partial charge in [-0.3, -0.25) is 0 Å². The molecule has 1 aromatic heterocycles. The molecule has 0 fully saturated rings. The molecule has 1 heterocycles. The summed E-state index contributed by atoms with van der Waals surface area (Å²) in [7, 11) is 0. The van der Waals surface area contributed by atoms with Gasteiger partial charge in [0.05, 0.1) is 0 Å². The van der Waals surface area contributed by atoms with Crippen molar-refractivity contribution in [1.82, 2.24) is 0 Å². The summed E-state index contributed by atoms with van der Waals surface area (Å²) in [5.74, 6) is 0.837. The fourth-order valence-corrected chi connectivity index (χ4v) is 2.15. The molecule has 0 saturated heterocycles. The number of benzene rings is 1. The predicted molar refractivity (Wildman–Crippen MR) is 70.2 cm³/mol. The van der Waals surface area contributed by atoms with Crippen molar-refractivity contribution in [3.8, 4) is 0 Å². The van der Waals surface area contributed by atoms with E-state index in [1.54, 1.807) is 0 Å². The highest BCUT2D eigenvalue weighted by molar-refractivity contribution is 5.85. The first-order valence-electron chi connectivity index (χ1n) is 6.10. The van der Waals surface area contributed by atoms with Crippen LogP contribution < -0.4 is 0 Å². The Bertz CT molecular complexity index is 550. The maximum atomic E-state index is 10.1. The Morgan fingerprint density at radius 3 is 2.29 bits per heavy atom. The van der Waals surface area contributed by atoms with Gasteiger partial charge in [-0.1, -0.05) is 19.9 Å². The Morgan fingerprint density at radius 2 is 1.71 bits per heavy atom. The van der Waals surface area contributed by atoms with Gasteiger partial charge in [-0.05, 0) is 49.4 Å². The lowest BCUT2D eigenvalue weighted by Crippen LogP contribution is -2.03. The van der Waals surface area contributed by atoms with Gasteiger partial charge >= 0.3 is 0 Å². The number of hydrogen-bond acceptors (Lipinski definition) is 2. The van der Waals surface area contributed by atoms with Crippen LogP contribution in [0.4, 0.5) is 0 Å². The summed E-state index contributed by atoms with van der Waals surface area (Å²) in [5, 5.41) is 11.2. The van der Waals surface area contributed by atoms with Crippen molar-refractivity contribution in [3.63, 3.8) is 0 Å². The van der Waals surface area contributed by atoms with Crippen molar-refractivity contribution in [2.45, 2.75) is 40.7 Å². The van der Waals surface area contributed by atoms with Crippen molar-refractivity contribution in [2.75, 3.05) is 0 Å². The lowest BCUT2D eigenvalue weighted by molar-refractivity contribution is 0.104. The van der Waals surface area contributed by atoms with Crippen LogP contribution in [0.15, 0.2) is 16.5 Å². The van der Waals surface area contributed by atoms with Crippen LogP contribution in [0.2, 0.25) is 0 Å². The van der Waals surface area contributed by atoms with Crippen LogP contribution in [0.5, 0.6) is 0 Å². The van der Waals surface area contributed by atoms with Gasteiger partial charge in [0.15, 0.2) is 0 Å². The maximum absolute atomic E-state index is 10.1. The van der Waals surface area contributed by atoms with Crippen LogP contribution in [-0.4, -0.2) is 5.11 Å². The molecule has 92 valence electrons. The van der Waals surface area contributed by atoms with Gasteiger partial charge in [0.1, 0.15) is 17.4 Å². The number of hydrogen-bond donors (Lipinski definition) is 1. The second-order valence-corrected chi connectivity index (χ2v) is 5.22. The van der Waals surface area contributed by atoms with Crippen molar-refractivity contribution in [1.29, 1.82) is 0 Å². The SMILES string of the molecule is Cc1cc(C)c2cc(C(O)C(C)C)oc2c1C. The van der Waals surface area contributed by atoms with E-state index >= 15 is 0 Å². The molecule has 0 aliphatic rings. The van der Waals surface area contributed by atoms with Crippen LogP contribution in [0.25, 0.3) is 11.0 Å². The summed E-state index contributed by atoms with van der Waals surface area (Å²) in [6.45, 7) is 10.2. The summed E-state index contributed by atoms with van der Waals surface area (Å²) in [4.78, 5) is 0. The highest BCUT2D eigenvalue weighted by Gasteiger charge is 2.18. The molecule has 0 radical (unpaired) electrons. The molecule has 1 atom stereocenters. The topological polar surface area (TPSA) is 33.4 Å². The van der Waals surface area contributed by atoms with Gasteiger partial charge in [-0.2, -0.15) is 0 Å². The Kier molecular flexibility index (Phi) is 3.00. The average molecular weight is 232 g/mol. The Balaban J connectivity index is 2.65. The fraction of sp³-hybridized carbons (Fsp3) is 0.467. The van der Waals surface area contributed by atoms with E-state index in [-0.39, 0.29) is 5.92 Å². The molecule has 0 saturated carbocycles. The Hall–Kier alpha value is -1.28. The standard InChI is InChI=1S/C15H20O2/c1-8(2)14(16)13-7-12-10(4)6-9(3)11(5)15(12)17-13/h6-8,14,16H,1-5H3. The number of aliphatic hydroxyl groups excluding tert-OH is 1. The normalized spacial score (nSPS) is 13.6. The van der Waals surface area contributed by atoms with E-state index in [1.165, 1.54) is 11.1 Å². The summed E-state index contributed by atoms with van der Waals surface area (Å²) < 4.78 is 5.83. The van der Waals surface area contributed by atoms with Crippen molar-refractivity contribution in [3.05, 3.63) is 34.6 Å². The molecule has 2 nitrogen and oxygen atoms in total. The zero-order valence-electron chi connectivity index (χ0n) is 11.2. The molecule has 2 heteroatoms. The fourth-order valence-electron chi connectivity index (χ4n) is 2.15. The first kappa shape index (κ1) is 12.2. The van der Waals surface area contributed by atoms with Crippen molar-refractivity contribution >= 4 is 11.0 Å². The average Bonchev–Trinajstić information content (AvgIpc) is 2.70. The summed E-state index contributed by atoms with van der Waals surface area (Å²) >= 11 is 0. The molecule has 0 aliphatic heterocycles. The molecule has 1 aromatic carbocycles. The molecule has 1 N–H and O–H groups in total. The molecule has 0 spiro atoms. The van der Waals surface area contributed by atoms with E-state index in [0.717, 1.165) is 16.5 Å². The highest BCUT2D eigenvalue weighted by atomic mass is 16.4. The molecule has 0 bridgehead atoms. The van der Waals surface area contributed by atoms with Crippen molar-refractivity contribution in [2.24, 2.45) is 5.92 Å². The van der Waals surface area contributed by atoms with E-state index in [4.69, 9.17) is 4.42 Å². The first-order valence-corrected chi connectivity index (χ1v) is 6.10. The maximum Gasteiger partial charge on any atom is 0.137 e. The quantitative estimate of drug-likeness (QED) is 0.847. The van der Waals surface area contributed by atoms with Gasteiger partial charge in [-0.25, -0.2) is 0 Å². The molecule has 1 unspecified atom stereocenters. The molecule has 0 aliphatic carbocycles. The predicted octanol–water partition coefficient (Wildman–Crippen LogP) is 4.05.